The Morgan fingerprint density at radius 1 is 1.27 bits per heavy atom. The predicted molar refractivity (Wildman–Crippen MR) is 88.9 cm³/mol. The van der Waals surface area contributed by atoms with Crippen molar-refractivity contribution < 1.29 is 8.42 Å². The van der Waals surface area contributed by atoms with E-state index >= 15 is 0 Å². The molecule has 22 heavy (non-hydrogen) atoms. The van der Waals surface area contributed by atoms with Crippen LogP contribution in [-0.2, 0) is 16.6 Å². The van der Waals surface area contributed by atoms with E-state index in [1.807, 2.05) is 0 Å². The molecule has 1 aliphatic carbocycles. The highest BCUT2D eigenvalue weighted by atomic mass is 32.2. The summed E-state index contributed by atoms with van der Waals surface area (Å²) in [5.41, 5.74) is 3.73. The Balaban J connectivity index is 1.86. The summed E-state index contributed by atoms with van der Waals surface area (Å²) >= 11 is 0. The van der Waals surface area contributed by atoms with Crippen LogP contribution in [0.25, 0.3) is 0 Å². The first kappa shape index (κ1) is 16.0. The maximum Gasteiger partial charge on any atom is 0.280 e. The molecule has 1 aliphatic heterocycles. The molecule has 0 aromatic heterocycles. The monoisotopic (exact) mass is 322 g/mol. The number of benzene rings is 1. The molecular weight excluding hydrogens is 296 g/mol. The molecule has 1 saturated carbocycles. The molecule has 5 heteroatoms. The molecule has 4 nitrogen and oxygen atoms in total. The average molecular weight is 322 g/mol. The summed E-state index contributed by atoms with van der Waals surface area (Å²) < 4.78 is 30.2. The first-order valence-electron chi connectivity index (χ1n) is 8.40. The van der Waals surface area contributed by atoms with Crippen molar-refractivity contribution in [3.8, 4) is 0 Å². The number of fused-ring (bicyclic) bond motifs is 1. The first-order chi connectivity index (χ1) is 10.5. The van der Waals surface area contributed by atoms with Crippen LogP contribution in [0, 0.1) is 6.92 Å². The summed E-state index contributed by atoms with van der Waals surface area (Å²) in [5, 5.41) is 0. The maximum atomic E-state index is 12.8. The largest absolute Gasteiger partial charge is 0.280 e. The molecule has 0 radical (unpaired) electrons. The van der Waals surface area contributed by atoms with Crippen molar-refractivity contribution in [1.82, 2.24) is 9.03 Å². The van der Waals surface area contributed by atoms with E-state index in [0.717, 1.165) is 38.5 Å². The molecule has 1 atom stereocenters. The highest BCUT2D eigenvalue weighted by Gasteiger charge is 2.35. The lowest BCUT2D eigenvalue weighted by atomic mass is 9.91. The van der Waals surface area contributed by atoms with Crippen molar-refractivity contribution in [1.29, 1.82) is 0 Å². The van der Waals surface area contributed by atoms with Gasteiger partial charge in [0.2, 0.25) is 0 Å². The Morgan fingerprint density at radius 3 is 2.68 bits per heavy atom. The molecule has 2 aliphatic rings. The van der Waals surface area contributed by atoms with Gasteiger partial charge in [0.1, 0.15) is 0 Å². The van der Waals surface area contributed by atoms with Crippen LogP contribution < -0.4 is 4.72 Å². The Morgan fingerprint density at radius 2 is 2.00 bits per heavy atom. The Labute approximate surface area is 134 Å². The smallest absolute Gasteiger partial charge is 0.199 e. The van der Waals surface area contributed by atoms with E-state index in [1.54, 1.807) is 4.31 Å². The van der Waals surface area contributed by atoms with Gasteiger partial charge in [-0.3, -0.25) is 0 Å². The maximum absolute atomic E-state index is 12.8. The van der Waals surface area contributed by atoms with Gasteiger partial charge in [-0.15, -0.1) is 0 Å². The minimum absolute atomic E-state index is 0.0387. The van der Waals surface area contributed by atoms with Gasteiger partial charge in [0.25, 0.3) is 10.2 Å². The molecular formula is C17H26N2O2S. The Kier molecular flexibility index (Phi) is 4.57. The minimum atomic E-state index is -3.40. The second-order valence-electron chi connectivity index (χ2n) is 6.59. The normalized spacial score (nSPS) is 23.6. The zero-order chi connectivity index (χ0) is 15.7. The zero-order valence-corrected chi connectivity index (χ0v) is 14.3. The number of hydrogen-bond acceptors (Lipinski definition) is 2. The van der Waals surface area contributed by atoms with E-state index in [0.29, 0.717) is 6.54 Å². The van der Waals surface area contributed by atoms with Crippen LogP contribution in [0.15, 0.2) is 18.2 Å². The summed E-state index contributed by atoms with van der Waals surface area (Å²) in [4.78, 5) is 0. The van der Waals surface area contributed by atoms with Crippen molar-refractivity contribution in [2.45, 2.75) is 64.5 Å². The predicted octanol–water partition coefficient (Wildman–Crippen LogP) is 3.08. The van der Waals surface area contributed by atoms with Crippen LogP contribution >= 0.6 is 0 Å². The molecule has 0 amide bonds. The third kappa shape index (κ3) is 3.07. The summed E-state index contributed by atoms with van der Waals surface area (Å²) in [5.74, 6) is 0. The summed E-state index contributed by atoms with van der Waals surface area (Å²) in [6.45, 7) is 4.74. The lowest BCUT2D eigenvalue weighted by molar-refractivity contribution is 0.294. The van der Waals surface area contributed by atoms with Gasteiger partial charge < -0.3 is 0 Å². The van der Waals surface area contributed by atoms with Gasteiger partial charge in [-0.05, 0) is 43.7 Å². The fraction of sp³-hybridized carbons (Fsp3) is 0.647. The SMILES string of the molecule is CCC1c2ccc(C)cc2CCN1S(=O)(=O)NC1CCCC1. The van der Waals surface area contributed by atoms with E-state index in [2.05, 4.69) is 36.8 Å². The summed E-state index contributed by atoms with van der Waals surface area (Å²) in [6, 6.07) is 6.48. The molecule has 3 rings (SSSR count). The lowest BCUT2D eigenvalue weighted by Crippen LogP contribution is -2.48. The van der Waals surface area contributed by atoms with E-state index in [-0.39, 0.29) is 12.1 Å². The molecule has 1 fully saturated rings. The van der Waals surface area contributed by atoms with Gasteiger partial charge in [0, 0.05) is 12.6 Å². The summed E-state index contributed by atoms with van der Waals surface area (Å²) in [6.07, 6.45) is 5.82. The van der Waals surface area contributed by atoms with Crippen LogP contribution in [0.2, 0.25) is 0 Å². The van der Waals surface area contributed by atoms with Crippen molar-refractivity contribution >= 4 is 10.2 Å². The van der Waals surface area contributed by atoms with Crippen molar-refractivity contribution in [3.05, 3.63) is 34.9 Å². The molecule has 0 bridgehead atoms. The zero-order valence-electron chi connectivity index (χ0n) is 13.5. The quantitative estimate of drug-likeness (QED) is 0.926. The van der Waals surface area contributed by atoms with Gasteiger partial charge >= 0.3 is 0 Å². The van der Waals surface area contributed by atoms with E-state index in [4.69, 9.17) is 0 Å². The van der Waals surface area contributed by atoms with E-state index in [1.165, 1.54) is 16.7 Å². The lowest BCUT2D eigenvalue weighted by Gasteiger charge is -2.36. The van der Waals surface area contributed by atoms with Crippen LogP contribution in [0.4, 0.5) is 0 Å². The van der Waals surface area contributed by atoms with Gasteiger partial charge in [-0.1, -0.05) is 43.5 Å². The number of aryl methyl sites for hydroxylation is 1. The second kappa shape index (κ2) is 6.30. The molecule has 1 heterocycles. The number of rotatable bonds is 4. The topological polar surface area (TPSA) is 49.4 Å². The van der Waals surface area contributed by atoms with Crippen molar-refractivity contribution in [3.63, 3.8) is 0 Å². The van der Waals surface area contributed by atoms with Gasteiger partial charge in [0.05, 0.1) is 6.04 Å². The average Bonchev–Trinajstić information content (AvgIpc) is 2.97. The standard InChI is InChI=1S/C17H26N2O2S/c1-3-17-16-9-8-13(2)12-14(16)10-11-19(17)22(20,21)18-15-6-4-5-7-15/h8-9,12,15,17-18H,3-7,10-11H2,1-2H3. The molecule has 1 aromatic rings. The fourth-order valence-corrected chi connectivity index (χ4v) is 5.57. The Hall–Kier alpha value is -0.910. The molecule has 1 aromatic carbocycles. The number of hydrogen-bond donors (Lipinski definition) is 1. The third-order valence-corrected chi connectivity index (χ3v) is 6.66. The van der Waals surface area contributed by atoms with Crippen LogP contribution in [0.5, 0.6) is 0 Å². The fourth-order valence-electron chi connectivity index (χ4n) is 3.85. The van der Waals surface area contributed by atoms with Crippen molar-refractivity contribution in [2.24, 2.45) is 0 Å². The van der Waals surface area contributed by atoms with Crippen LogP contribution in [0.3, 0.4) is 0 Å². The van der Waals surface area contributed by atoms with Gasteiger partial charge in [0.15, 0.2) is 0 Å². The Bertz CT molecular complexity index is 636. The molecule has 1 unspecified atom stereocenters. The van der Waals surface area contributed by atoms with E-state index < -0.39 is 10.2 Å². The van der Waals surface area contributed by atoms with Gasteiger partial charge in [-0.25, -0.2) is 0 Å². The van der Waals surface area contributed by atoms with Crippen LogP contribution in [-0.4, -0.2) is 25.3 Å². The molecule has 0 saturated heterocycles. The van der Waals surface area contributed by atoms with Gasteiger partial charge in [-0.2, -0.15) is 17.4 Å². The minimum Gasteiger partial charge on any atom is -0.199 e. The summed E-state index contributed by atoms with van der Waals surface area (Å²) in [7, 11) is -3.40. The third-order valence-electron chi connectivity index (χ3n) is 4.97. The highest BCUT2D eigenvalue weighted by Crippen LogP contribution is 2.34. The van der Waals surface area contributed by atoms with Crippen LogP contribution in [0.1, 0.15) is 61.8 Å². The highest BCUT2D eigenvalue weighted by molar-refractivity contribution is 7.87. The number of nitrogens with zero attached hydrogens (tertiary/aromatic N) is 1. The first-order valence-corrected chi connectivity index (χ1v) is 9.84. The van der Waals surface area contributed by atoms with E-state index in [9.17, 15) is 8.42 Å². The number of nitrogens with one attached hydrogen (secondary N) is 1. The molecule has 1 N–H and O–H groups in total. The van der Waals surface area contributed by atoms with Crippen molar-refractivity contribution in [2.75, 3.05) is 6.54 Å². The second-order valence-corrected chi connectivity index (χ2v) is 8.25. The molecule has 122 valence electrons. The molecule has 0 spiro atoms.